The van der Waals surface area contributed by atoms with Gasteiger partial charge in [-0.05, 0) is 61.4 Å². The van der Waals surface area contributed by atoms with Crippen LogP contribution in [0.3, 0.4) is 0 Å². The summed E-state index contributed by atoms with van der Waals surface area (Å²) < 4.78 is 0. The Balaban J connectivity index is 1.33. The number of hydrogen-bond acceptors (Lipinski definition) is 4. The van der Waals surface area contributed by atoms with E-state index in [9.17, 15) is 14.4 Å². The normalized spacial score (nSPS) is 17.5. The molecule has 1 saturated heterocycles. The Kier molecular flexibility index (Phi) is 9.34. The molecule has 4 rings (SSSR count). The minimum absolute atomic E-state index is 0.0644. The van der Waals surface area contributed by atoms with E-state index >= 15 is 0 Å². The SMILES string of the molecule is C=CC(=O)NCCCNC(=O)CN(C(=O)C1CCC1)C1CCN([C@H](C)c2cccc3ccccc23)CC1. The maximum absolute atomic E-state index is 13.3. The van der Waals surface area contributed by atoms with Crippen molar-refractivity contribution in [1.29, 1.82) is 0 Å². The minimum atomic E-state index is -0.218. The molecular formula is C30H40N4O3. The van der Waals surface area contributed by atoms with Crippen LogP contribution in [0.25, 0.3) is 10.8 Å². The van der Waals surface area contributed by atoms with Crippen molar-refractivity contribution in [3.05, 3.63) is 60.7 Å². The van der Waals surface area contributed by atoms with Gasteiger partial charge in [0.25, 0.3) is 0 Å². The molecule has 0 unspecified atom stereocenters. The Morgan fingerprint density at radius 1 is 1.03 bits per heavy atom. The van der Waals surface area contributed by atoms with E-state index in [1.807, 2.05) is 4.90 Å². The van der Waals surface area contributed by atoms with E-state index in [-0.39, 0.29) is 42.3 Å². The van der Waals surface area contributed by atoms with Gasteiger partial charge in [0.15, 0.2) is 0 Å². The van der Waals surface area contributed by atoms with Crippen LogP contribution >= 0.6 is 0 Å². The van der Waals surface area contributed by atoms with Crippen molar-refractivity contribution >= 4 is 28.5 Å². The molecule has 37 heavy (non-hydrogen) atoms. The van der Waals surface area contributed by atoms with Gasteiger partial charge in [0, 0.05) is 44.2 Å². The van der Waals surface area contributed by atoms with Crippen LogP contribution in [0.15, 0.2) is 55.1 Å². The monoisotopic (exact) mass is 504 g/mol. The molecule has 3 amide bonds. The summed E-state index contributed by atoms with van der Waals surface area (Å²) in [6, 6.07) is 15.4. The Morgan fingerprint density at radius 2 is 1.73 bits per heavy atom. The molecule has 198 valence electrons. The summed E-state index contributed by atoms with van der Waals surface area (Å²) in [7, 11) is 0. The molecule has 7 nitrogen and oxygen atoms in total. The van der Waals surface area contributed by atoms with Gasteiger partial charge < -0.3 is 15.5 Å². The van der Waals surface area contributed by atoms with Crippen molar-refractivity contribution in [2.45, 2.75) is 57.5 Å². The lowest BCUT2D eigenvalue weighted by molar-refractivity contribution is -0.145. The molecule has 2 aliphatic rings. The Bertz CT molecular complexity index is 1100. The second kappa shape index (κ2) is 12.9. The van der Waals surface area contributed by atoms with Gasteiger partial charge in [-0.3, -0.25) is 19.3 Å². The summed E-state index contributed by atoms with van der Waals surface area (Å²) in [5, 5.41) is 8.17. The number of nitrogens with one attached hydrogen (secondary N) is 2. The van der Waals surface area contributed by atoms with Crippen LogP contribution in [0.2, 0.25) is 0 Å². The maximum atomic E-state index is 13.3. The molecular weight excluding hydrogens is 464 g/mol. The van der Waals surface area contributed by atoms with Crippen molar-refractivity contribution in [3.8, 4) is 0 Å². The summed E-state index contributed by atoms with van der Waals surface area (Å²) in [5.41, 5.74) is 1.34. The van der Waals surface area contributed by atoms with Crippen molar-refractivity contribution < 1.29 is 14.4 Å². The molecule has 0 bridgehead atoms. The fourth-order valence-corrected chi connectivity index (χ4v) is 5.48. The van der Waals surface area contributed by atoms with Crippen LogP contribution in [0, 0.1) is 5.92 Å². The average Bonchev–Trinajstić information content (AvgIpc) is 2.89. The molecule has 0 aromatic heterocycles. The summed E-state index contributed by atoms with van der Waals surface area (Å²) >= 11 is 0. The molecule has 1 aliphatic carbocycles. The standard InChI is InChI=1S/C30H40N4O3/c1-3-28(35)31-17-8-18-32-29(36)21-34(30(37)24-11-6-12-24)25-15-19-33(20-16-25)22(2)26-14-7-10-23-9-4-5-13-27(23)26/h3-5,7,9-10,13-14,22,24-25H,1,6,8,11-12,15-21H2,2H3,(H,31,35)(H,32,36)/t22-/m1/s1. The lowest BCUT2D eigenvalue weighted by Crippen LogP contribution is -2.53. The van der Waals surface area contributed by atoms with Crippen LogP contribution in [0.5, 0.6) is 0 Å². The highest BCUT2D eigenvalue weighted by Crippen LogP contribution is 2.33. The van der Waals surface area contributed by atoms with Crippen LogP contribution in [-0.2, 0) is 14.4 Å². The van der Waals surface area contributed by atoms with E-state index in [0.717, 1.165) is 45.2 Å². The number of nitrogens with zero attached hydrogens (tertiary/aromatic N) is 2. The van der Waals surface area contributed by atoms with Gasteiger partial charge >= 0.3 is 0 Å². The first-order chi connectivity index (χ1) is 18.0. The van der Waals surface area contributed by atoms with E-state index in [0.29, 0.717) is 19.5 Å². The third kappa shape index (κ3) is 6.77. The number of amides is 3. The van der Waals surface area contributed by atoms with Gasteiger partial charge in [-0.2, -0.15) is 0 Å². The van der Waals surface area contributed by atoms with Crippen molar-refractivity contribution in [1.82, 2.24) is 20.4 Å². The molecule has 2 N–H and O–H groups in total. The molecule has 7 heteroatoms. The fourth-order valence-electron chi connectivity index (χ4n) is 5.48. The Hall–Kier alpha value is -3.19. The van der Waals surface area contributed by atoms with E-state index < -0.39 is 0 Å². The van der Waals surface area contributed by atoms with E-state index in [1.165, 1.54) is 22.4 Å². The first-order valence-electron chi connectivity index (χ1n) is 13.7. The van der Waals surface area contributed by atoms with Gasteiger partial charge in [0.2, 0.25) is 17.7 Å². The smallest absolute Gasteiger partial charge is 0.243 e. The van der Waals surface area contributed by atoms with E-state index in [4.69, 9.17) is 0 Å². The number of benzene rings is 2. The van der Waals surface area contributed by atoms with E-state index in [1.54, 1.807) is 0 Å². The quantitative estimate of drug-likeness (QED) is 0.360. The molecule has 2 aromatic rings. The van der Waals surface area contributed by atoms with Gasteiger partial charge in [0.05, 0.1) is 6.54 Å². The predicted octanol–water partition coefficient (Wildman–Crippen LogP) is 3.80. The second-order valence-corrected chi connectivity index (χ2v) is 10.3. The number of carbonyl (C=O) groups excluding carboxylic acids is 3. The fraction of sp³-hybridized carbons (Fsp3) is 0.500. The van der Waals surface area contributed by atoms with Gasteiger partial charge in [0.1, 0.15) is 0 Å². The number of fused-ring (bicyclic) bond motifs is 1. The predicted molar refractivity (Wildman–Crippen MR) is 147 cm³/mol. The Morgan fingerprint density at radius 3 is 2.43 bits per heavy atom. The molecule has 0 spiro atoms. The third-order valence-electron chi connectivity index (χ3n) is 7.97. The van der Waals surface area contributed by atoms with Crippen molar-refractivity contribution in [3.63, 3.8) is 0 Å². The summed E-state index contributed by atoms with van der Waals surface area (Å²) in [6.45, 7) is 8.53. The first-order valence-corrected chi connectivity index (χ1v) is 13.7. The molecule has 1 atom stereocenters. The number of piperidine rings is 1. The summed E-state index contributed by atoms with van der Waals surface area (Å²) in [4.78, 5) is 41.7. The van der Waals surface area contributed by atoms with Crippen molar-refractivity contribution in [2.75, 3.05) is 32.7 Å². The van der Waals surface area contributed by atoms with Gasteiger partial charge in [-0.1, -0.05) is 55.5 Å². The minimum Gasteiger partial charge on any atom is -0.354 e. The van der Waals surface area contributed by atoms with Gasteiger partial charge in [-0.25, -0.2) is 0 Å². The van der Waals surface area contributed by atoms with Crippen LogP contribution in [0.1, 0.15) is 57.1 Å². The van der Waals surface area contributed by atoms with Crippen LogP contribution in [-0.4, -0.2) is 66.3 Å². The Labute approximate surface area is 220 Å². The number of rotatable bonds is 11. The van der Waals surface area contributed by atoms with Gasteiger partial charge in [-0.15, -0.1) is 0 Å². The summed E-state index contributed by atoms with van der Waals surface area (Å²) in [5.74, 6) is -0.145. The second-order valence-electron chi connectivity index (χ2n) is 10.3. The summed E-state index contributed by atoms with van der Waals surface area (Å²) in [6.07, 6.45) is 6.55. The van der Waals surface area contributed by atoms with Crippen LogP contribution < -0.4 is 10.6 Å². The number of likely N-dealkylation sites (tertiary alicyclic amines) is 1. The highest BCUT2D eigenvalue weighted by atomic mass is 16.2. The molecule has 1 heterocycles. The van der Waals surface area contributed by atoms with Crippen molar-refractivity contribution in [2.24, 2.45) is 5.92 Å². The third-order valence-corrected chi connectivity index (χ3v) is 7.97. The number of hydrogen-bond donors (Lipinski definition) is 2. The molecule has 0 radical (unpaired) electrons. The molecule has 2 fully saturated rings. The lowest BCUT2D eigenvalue weighted by Gasteiger charge is -2.42. The zero-order valence-corrected chi connectivity index (χ0v) is 22.0. The maximum Gasteiger partial charge on any atom is 0.243 e. The zero-order valence-electron chi connectivity index (χ0n) is 22.0. The average molecular weight is 505 g/mol. The highest BCUT2D eigenvalue weighted by molar-refractivity contribution is 5.87. The van der Waals surface area contributed by atoms with E-state index in [2.05, 4.69) is 71.5 Å². The largest absolute Gasteiger partial charge is 0.354 e. The molecule has 2 aromatic carbocycles. The lowest BCUT2D eigenvalue weighted by atomic mass is 9.83. The first kappa shape index (κ1) is 26.9. The molecule has 1 saturated carbocycles. The molecule has 1 aliphatic heterocycles. The highest BCUT2D eigenvalue weighted by Gasteiger charge is 2.36. The van der Waals surface area contributed by atoms with Crippen LogP contribution in [0.4, 0.5) is 0 Å². The zero-order chi connectivity index (χ0) is 26.2. The number of carbonyl (C=O) groups is 3. The topological polar surface area (TPSA) is 81.8 Å².